The standard InChI is InChI=1S/C9H10Cl2N2O4/c10-2-1-7(14)9(15)8-6(13(16)17)3-5(11)4-12-8/h3-4,7,9,14-15H,1-2H2. The summed E-state index contributed by atoms with van der Waals surface area (Å²) < 4.78 is 0. The molecule has 8 heteroatoms. The second kappa shape index (κ2) is 6.11. The lowest BCUT2D eigenvalue weighted by Crippen LogP contribution is -2.20. The minimum atomic E-state index is -1.47. The fraction of sp³-hybridized carbons (Fsp3) is 0.444. The van der Waals surface area contributed by atoms with Gasteiger partial charge in [0.1, 0.15) is 11.8 Å². The number of rotatable bonds is 5. The number of aromatic nitrogens is 1. The van der Waals surface area contributed by atoms with Crippen LogP contribution in [0.4, 0.5) is 5.69 Å². The average molecular weight is 281 g/mol. The topological polar surface area (TPSA) is 96.5 Å². The maximum absolute atomic E-state index is 10.7. The molecule has 0 aromatic carbocycles. The fourth-order valence-corrected chi connectivity index (χ4v) is 1.64. The molecule has 0 spiro atoms. The van der Waals surface area contributed by atoms with E-state index in [0.717, 1.165) is 6.07 Å². The number of aliphatic hydroxyl groups is 2. The minimum absolute atomic E-state index is 0.0829. The van der Waals surface area contributed by atoms with Gasteiger partial charge in [-0.25, -0.2) is 4.98 Å². The lowest BCUT2D eigenvalue weighted by atomic mass is 10.1. The van der Waals surface area contributed by atoms with E-state index in [4.69, 9.17) is 23.2 Å². The molecule has 0 bridgehead atoms. The Morgan fingerprint density at radius 2 is 2.18 bits per heavy atom. The van der Waals surface area contributed by atoms with E-state index in [9.17, 15) is 20.3 Å². The lowest BCUT2D eigenvalue weighted by Gasteiger charge is -2.16. The maximum atomic E-state index is 10.7. The summed E-state index contributed by atoms with van der Waals surface area (Å²) >= 11 is 11.0. The van der Waals surface area contributed by atoms with Crippen LogP contribution in [0.2, 0.25) is 5.02 Å². The average Bonchev–Trinajstić information content (AvgIpc) is 2.28. The van der Waals surface area contributed by atoms with E-state index in [0.29, 0.717) is 0 Å². The van der Waals surface area contributed by atoms with Gasteiger partial charge < -0.3 is 10.2 Å². The highest BCUT2D eigenvalue weighted by molar-refractivity contribution is 6.30. The highest BCUT2D eigenvalue weighted by Gasteiger charge is 2.27. The number of pyridine rings is 1. The fourth-order valence-electron chi connectivity index (χ4n) is 1.27. The molecule has 0 amide bonds. The van der Waals surface area contributed by atoms with E-state index < -0.39 is 22.8 Å². The monoisotopic (exact) mass is 280 g/mol. The van der Waals surface area contributed by atoms with Crippen LogP contribution in [0.5, 0.6) is 0 Å². The second-order valence-electron chi connectivity index (χ2n) is 3.30. The van der Waals surface area contributed by atoms with Gasteiger partial charge in [0.2, 0.25) is 0 Å². The van der Waals surface area contributed by atoms with Crippen LogP contribution in [0.15, 0.2) is 12.3 Å². The van der Waals surface area contributed by atoms with Crippen molar-refractivity contribution in [1.29, 1.82) is 0 Å². The summed E-state index contributed by atoms with van der Waals surface area (Å²) in [7, 11) is 0. The van der Waals surface area contributed by atoms with E-state index in [1.165, 1.54) is 6.20 Å². The van der Waals surface area contributed by atoms with Crippen LogP contribution < -0.4 is 0 Å². The van der Waals surface area contributed by atoms with Gasteiger partial charge in [-0.3, -0.25) is 10.1 Å². The summed E-state index contributed by atoms with van der Waals surface area (Å²) in [6.07, 6.45) is -1.41. The van der Waals surface area contributed by atoms with Crippen molar-refractivity contribution < 1.29 is 15.1 Å². The summed E-state index contributed by atoms with van der Waals surface area (Å²) in [6.45, 7) is 0. The zero-order valence-corrected chi connectivity index (χ0v) is 10.1. The molecule has 0 aliphatic carbocycles. The summed E-state index contributed by atoms with van der Waals surface area (Å²) in [4.78, 5) is 13.7. The quantitative estimate of drug-likeness (QED) is 0.486. The molecule has 0 radical (unpaired) electrons. The van der Waals surface area contributed by atoms with Crippen molar-refractivity contribution in [2.75, 3.05) is 5.88 Å². The molecule has 0 aliphatic heterocycles. The second-order valence-corrected chi connectivity index (χ2v) is 4.12. The van der Waals surface area contributed by atoms with E-state index in [1.807, 2.05) is 0 Å². The number of aliphatic hydroxyl groups excluding tert-OH is 2. The van der Waals surface area contributed by atoms with Crippen molar-refractivity contribution in [2.45, 2.75) is 18.6 Å². The van der Waals surface area contributed by atoms with Crippen LogP contribution in [0.25, 0.3) is 0 Å². The number of nitro groups is 1. The molecule has 2 N–H and O–H groups in total. The molecule has 0 aliphatic rings. The SMILES string of the molecule is O=[N+]([O-])c1cc(Cl)cnc1C(O)C(O)CCCl. The Balaban J connectivity index is 3.08. The summed E-state index contributed by atoms with van der Waals surface area (Å²) in [6, 6.07) is 1.07. The molecule has 94 valence electrons. The van der Waals surface area contributed by atoms with Gasteiger partial charge in [-0.1, -0.05) is 11.6 Å². The zero-order valence-electron chi connectivity index (χ0n) is 8.58. The lowest BCUT2D eigenvalue weighted by molar-refractivity contribution is -0.386. The van der Waals surface area contributed by atoms with Crippen molar-refractivity contribution in [2.24, 2.45) is 0 Å². The summed E-state index contributed by atoms with van der Waals surface area (Å²) in [5.74, 6) is 0.125. The first-order valence-corrected chi connectivity index (χ1v) is 5.60. The predicted octanol–water partition coefficient (Wildman–Crippen LogP) is 1.67. The van der Waals surface area contributed by atoms with E-state index >= 15 is 0 Å². The largest absolute Gasteiger partial charge is 0.390 e. The van der Waals surface area contributed by atoms with Crippen LogP contribution >= 0.6 is 23.2 Å². The number of nitrogens with zero attached hydrogens (tertiary/aromatic N) is 2. The first-order valence-electron chi connectivity index (χ1n) is 4.69. The van der Waals surface area contributed by atoms with Crippen molar-refractivity contribution in [1.82, 2.24) is 4.98 Å². The van der Waals surface area contributed by atoms with E-state index in [2.05, 4.69) is 4.98 Å². The number of alkyl halides is 1. The number of hydrogen-bond donors (Lipinski definition) is 2. The number of halogens is 2. The number of hydrogen-bond acceptors (Lipinski definition) is 5. The molecule has 1 rings (SSSR count). The molecule has 0 saturated carbocycles. The molecule has 17 heavy (non-hydrogen) atoms. The van der Waals surface area contributed by atoms with Crippen molar-refractivity contribution in [3.05, 3.63) is 33.1 Å². The van der Waals surface area contributed by atoms with E-state index in [1.54, 1.807) is 0 Å². The van der Waals surface area contributed by atoms with Crippen LogP contribution in [-0.4, -0.2) is 32.1 Å². The third kappa shape index (κ3) is 3.50. The van der Waals surface area contributed by atoms with Crippen LogP contribution in [-0.2, 0) is 0 Å². The Kier molecular flexibility index (Phi) is 5.07. The predicted molar refractivity (Wildman–Crippen MR) is 62.2 cm³/mol. The Labute approximate surface area is 107 Å². The zero-order chi connectivity index (χ0) is 13.0. The third-order valence-electron chi connectivity index (χ3n) is 2.11. The van der Waals surface area contributed by atoms with Gasteiger partial charge in [0.15, 0.2) is 0 Å². The third-order valence-corrected chi connectivity index (χ3v) is 2.54. The Hall–Kier alpha value is -0.950. The minimum Gasteiger partial charge on any atom is -0.390 e. The molecular formula is C9H10Cl2N2O4. The molecule has 2 unspecified atom stereocenters. The van der Waals surface area contributed by atoms with Crippen LogP contribution in [0, 0.1) is 10.1 Å². The summed E-state index contributed by atoms with van der Waals surface area (Å²) in [5, 5.41) is 30.1. The smallest absolute Gasteiger partial charge is 0.295 e. The van der Waals surface area contributed by atoms with Gasteiger partial charge in [-0.2, -0.15) is 0 Å². The first-order chi connectivity index (χ1) is 7.97. The van der Waals surface area contributed by atoms with E-state index in [-0.39, 0.29) is 23.0 Å². The van der Waals surface area contributed by atoms with Gasteiger partial charge in [-0.15, -0.1) is 11.6 Å². The highest BCUT2D eigenvalue weighted by atomic mass is 35.5. The molecule has 0 saturated heterocycles. The molecule has 6 nitrogen and oxygen atoms in total. The van der Waals surface area contributed by atoms with Crippen molar-refractivity contribution in [3.8, 4) is 0 Å². The highest BCUT2D eigenvalue weighted by Crippen LogP contribution is 2.28. The van der Waals surface area contributed by atoms with Crippen LogP contribution in [0.3, 0.4) is 0 Å². The molecular weight excluding hydrogens is 271 g/mol. The van der Waals surface area contributed by atoms with Crippen molar-refractivity contribution >= 4 is 28.9 Å². The Bertz CT molecular complexity index is 416. The molecule has 1 heterocycles. The Morgan fingerprint density at radius 3 is 2.71 bits per heavy atom. The molecule has 0 fully saturated rings. The molecule has 1 aromatic rings. The van der Waals surface area contributed by atoms with Gasteiger partial charge in [0.25, 0.3) is 5.69 Å². The normalized spacial score (nSPS) is 14.4. The molecule has 1 aromatic heterocycles. The van der Waals surface area contributed by atoms with Gasteiger partial charge in [0, 0.05) is 18.1 Å². The van der Waals surface area contributed by atoms with Gasteiger partial charge in [-0.05, 0) is 6.42 Å². The summed E-state index contributed by atoms with van der Waals surface area (Å²) in [5.41, 5.74) is -0.657. The van der Waals surface area contributed by atoms with Gasteiger partial charge >= 0.3 is 0 Å². The Morgan fingerprint density at radius 1 is 1.53 bits per heavy atom. The first kappa shape index (κ1) is 14.1. The van der Waals surface area contributed by atoms with Crippen molar-refractivity contribution in [3.63, 3.8) is 0 Å². The van der Waals surface area contributed by atoms with Crippen LogP contribution in [0.1, 0.15) is 18.2 Å². The molecule has 2 atom stereocenters. The maximum Gasteiger partial charge on any atom is 0.295 e. The van der Waals surface area contributed by atoms with Gasteiger partial charge in [0.05, 0.1) is 16.0 Å².